The third-order valence-corrected chi connectivity index (χ3v) is 0.671. The van der Waals surface area contributed by atoms with Crippen LogP contribution in [0.5, 0.6) is 0 Å². The van der Waals surface area contributed by atoms with Crippen LogP contribution >= 0.6 is 25.8 Å². The Morgan fingerprint density at radius 2 is 2.00 bits per heavy atom. The van der Waals surface area contributed by atoms with Crippen molar-refractivity contribution in [2.75, 3.05) is 0 Å². The van der Waals surface area contributed by atoms with Gasteiger partial charge in [-0.25, -0.2) is 4.39 Å². The maximum absolute atomic E-state index is 11.9. The largest absolute Gasteiger partial charge is 0.560 e. The fourth-order valence-electron chi connectivity index (χ4n) is 0.371. The van der Waals surface area contributed by atoms with Crippen LogP contribution in [0.1, 0.15) is 0 Å². The van der Waals surface area contributed by atoms with Crippen molar-refractivity contribution in [1.82, 2.24) is 0 Å². The van der Waals surface area contributed by atoms with Crippen molar-refractivity contribution < 1.29 is 4.39 Å². The van der Waals surface area contributed by atoms with E-state index in [9.17, 15) is 4.39 Å². The van der Waals surface area contributed by atoms with E-state index in [4.69, 9.17) is 0 Å². The minimum Gasteiger partial charge on any atom is -0.280 e. The molecule has 0 saturated heterocycles. The van der Waals surface area contributed by atoms with E-state index in [0.717, 1.165) is 0 Å². The first kappa shape index (κ1) is 10.9. The summed E-state index contributed by atoms with van der Waals surface area (Å²) in [6.07, 6.45) is 0. The summed E-state index contributed by atoms with van der Waals surface area (Å²) in [5.41, 5.74) is 0. The van der Waals surface area contributed by atoms with E-state index in [0.29, 0.717) is 0 Å². The van der Waals surface area contributed by atoms with Crippen LogP contribution in [-0.2, 0) is 0 Å². The van der Waals surface area contributed by atoms with Gasteiger partial charge in [0.05, 0.1) is 0 Å². The summed E-state index contributed by atoms with van der Waals surface area (Å²) in [4.78, 5) is 0. The highest BCUT2D eigenvalue weighted by atomic mass is 79.9. The topological polar surface area (TPSA) is 0 Å². The first-order valence-corrected chi connectivity index (χ1v) is 10.3. The lowest BCUT2D eigenvalue weighted by Crippen LogP contribution is -1.65. The molecule has 0 amide bonds. The van der Waals surface area contributed by atoms with Gasteiger partial charge in [-0.05, 0) is 6.07 Å². The summed E-state index contributed by atoms with van der Waals surface area (Å²) in [7, 11) is 0. The van der Waals surface area contributed by atoms with Gasteiger partial charge in [0.15, 0.2) is 0 Å². The lowest BCUT2D eigenvalue weighted by Gasteiger charge is -1.77. The summed E-state index contributed by atoms with van der Waals surface area (Å²) in [5, 5.41) is 0. The lowest BCUT2D eigenvalue weighted by atomic mass is 10.4. The van der Waals surface area contributed by atoms with Gasteiger partial charge in [-0.15, -0.1) is 0 Å². The molecular weight excluding hydrogens is 275 g/mol. The Balaban J connectivity index is 0.000000236. The van der Waals surface area contributed by atoms with Crippen molar-refractivity contribution in [2.45, 2.75) is 0 Å². The minimum atomic E-state index is -0.303. The van der Waals surface area contributed by atoms with Crippen molar-refractivity contribution >= 4 is 41.8 Å². The molecule has 1 radical (unpaired) electrons. The molecule has 0 aromatic heterocycles. The van der Waals surface area contributed by atoms with E-state index in [1.54, 1.807) is 12.1 Å². The standard InChI is InChI=1S/C6H4F.2BrH.Mg/c7-6-4-2-1-3-5-6;;;/h1-4H;2*1H;/q;;;+2/p-2. The molecule has 10 heavy (non-hydrogen) atoms. The van der Waals surface area contributed by atoms with E-state index in [2.05, 4.69) is 31.8 Å². The van der Waals surface area contributed by atoms with Gasteiger partial charge < -0.3 is 0 Å². The highest BCUT2D eigenvalue weighted by molar-refractivity contribution is 9.47. The molecule has 1 aromatic carbocycles. The molecule has 0 nitrogen and oxygen atoms in total. The molecule has 4 heteroatoms. The first-order valence-electron chi connectivity index (χ1n) is 2.55. The van der Waals surface area contributed by atoms with Gasteiger partial charge in [-0.2, -0.15) is 0 Å². The molecule has 1 aromatic rings. The molecule has 0 unspecified atom stereocenters. The molecule has 0 aliphatic heterocycles. The zero-order valence-corrected chi connectivity index (χ0v) is 9.74. The maximum Gasteiger partial charge on any atom is 0.560 e. The second-order valence-corrected chi connectivity index (χ2v) is 9.39. The predicted octanol–water partition coefficient (Wildman–Crippen LogP) is 2.94. The van der Waals surface area contributed by atoms with Gasteiger partial charge in [-0.3, -0.25) is 25.8 Å². The quantitative estimate of drug-likeness (QED) is 0.641. The molecule has 0 aliphatic rings. The predicted molar refractivity (Wildman–Crippen MR) is 48.8 cm³/mol. The average molecular weight is 279 g/mol. The third-order valence-electron chi connectivity index (χ3n) is 0.671. The van der Waals surface area contributed by atoms with Crippen LogP contribution in [0.15, 0.2) is 24.3 Å². The van der Waals surface area contributed by atoms with Gasteiger partial charge in [0.2, 0.25) is 0 Å². The molecule has 0 atom stereocenters. The Morgan fingerprint density at radius 3 is 2.20 bits per heavy atom. The summed E-state index contributed by atoms with van der Waals surface area (Å²) in [6.45, 7) is 0. The zero-order valence-electron chi connectivity index (χ0n) is 5.15. The van der Waals surface area contributed by atoms with Crippen LogP contribution in [0, 0.1) is 11.9 Å². The fraction of sp³-hybridized carbons (Fsp3) is 0. The summed E-state index contributed by atoms with van der Waals surface area (Å²) in [5.74, 6) is -0.303. The molecule has 0 fully saturated rings. The van der Waals surface area contributed by atoms with Crippen molar-refractivity contribution in [3.63, 3.8) is 0 Å². The maximum atomic E-state index is 11.9. The van der Waals surface area contributed by atoms with Gasteiger partial charge in [0.1, 0.15) is 5.82 Å². The molecule has 0 aliphatic carbocycles. The van der Waals surface area contributed by atoms with Crippen molar-refractivity contribution in [2.24, 2.45) is 0 Å². The monoisotopic (exact) mass is 277 g/mol. The molecule has 0 spiro atoms. The SMILES string of the molecule is Fc1[c]cccc1.[Br][Mg][Br]. The van der Waals surface area contributed by atoms with Gasteiger partial charge in [0.25, 0.3) is 0 Å². The Kier molecular flexibility index (Phi) is 8.68. The van der Waals surface area contributed by atoms with Gasteiger partial charge >= 0.3 is 16.0 Å². The van der Waals surface area contributed by atoms with E-state index in [1.165, 1.54) is 12.1 Å². The van der Waals surface area contributed by atoms with Crippen LogP contribution in [0.4, 0.5) is 4.39 Å². The molecule has 0 saturated carbocycles. The van der Waals surface area contributed by atoms with Crippen molar-refractivity contribution in [1.29, 1.82) is 0 Å². The second-order valence-electron chi connectivity index (χ2n) is 1.31. The summed E-state index contributed by atoms with van der Waals surface area (Å²) >= 11 is 6.44. The third kappa shape index (κ3) is 6.99. The van der Waals surface area contributed by atoms with E-state index in [-0.39, 0.29) is 21.8 Å². The highest BCUT2D eigenvalue weighted by Gasteiger charge is 1.78. The van der Waals surface area contributed by atoms with E-state index in [1.807, 2.05) is 0 Å². The Bertz CT molecular complexity index is 157. The van der Waals surface area contributed by atoms with Crippen molar-refractivity contribution in [3.8, 4) is 0 Å². The van der Waals surface area contributed by atoms with Crippen LogP contribution in [0.2, 0.25) is 0 Å². The van der Waals surface area contributed by atoms with Crippen LogP contribution in [0.3, 0.4) is 0 Å². The normalized spacial score (nSPS) is 7.10. The molecule has 0 bridgehead atoms. The van der Waals surface area contributed by atoms with Crippen LogP contribution in [-0.4, -0.2) is 16.0 Å². The molecule has 1 rings (SSSR count). The number of hydrogen-bond donors (Lipinski definition) is 0. The number of halogens is 3. The number of rotatable bonds is 0. The smallest absolute Gasteiger partial charge is 0.280 e. The summed E-state index contributed by atoms with van der Waals surface area (Å²) < 4.78 is 11.9. The first-order chi connectivity index (χ1) is 4.81. The van der Waals surface area contributed by atoms with E-state index < -0.39 is 0 Å². The van der Waals surface area contributed by atoms with Gasteiger partial charge in [0, 0.05) is 6.07 Å². The van der Waals surface area contributed by atoms with Crippen LogP contribution < -0.4 is 0 Å². The van der Waals surface area contributed by atoms with Gasteiger partial charge in [-0.1, -0.05) is 18.2 Å². The average Bonchev–Trinajstić information content (AvgIpc) is 1.91. The number of benzene rings is 1. The highest BCUT2D eigenvalue weighted by Crippen LogP contribution is 1.90. The fourth-order valence-corrected chi connectivity index (χ4v) is 0.371. The van der Waals surface area contributed by atoms with Crippen molar-refractivity contribution in [3.05, 3.63) is 36.1 Å². The lowest BCUT2D eigenvalue weighted by molar-refractivity contribution is 0.625. The molecule has 0 N–H and O–H groups in total. The number of hydrogen-bond acceptors (Lipinski definition) is 0. The van der Waals surface area contributed by atoms with E-state index >= 15 is 0 Å². The zero-order chi connectivity index (χ0) is 7.82. The van der Waals surface area contributed by atoms with Crippen LogP contribution in [0.25, 0.3) is 0 Å². The summed E-state index contributed by atoms with van der Waals surface area (Å²) in [6, 6.07) is 8.62. The Labute approximate surface area is 81.7 Å². The second kappa shape index (κ2) is 7.98. The minimum absolute atomic E-state index is 0.0417. The molecule has 51 valence electrons. The molecule has 0 heterocycles. The Morgan fingerprint density at radius 1 is 1.40 bits per heavy atom. The Hall–Kier alpha value is 0.876. The molecular formula is C6H4Br2FMg.